The molecule has 2 N–H and O–H groups in total. The highest BCUT2D eigenvalue weighted by Crippen LogP contribution is 2.32. The Hall–Kier alpha value is -2.27. The summed E-state index contributed by atoms with van der Waals surface area (Å²) in [6.07, 6.45) is 3.52. The third-order valence-electron chi connectivity index (χ3n) is 4.12. The highest BCUT2D eigenvalue weighted by molar-refractivity contribution is 5.81. The van der Waals surface area contributed by atoms with Crippen LogP contribution in [-0.2, 0) is 4.79 Å². The fraction of sp³-hybridized carbons (Fsp3) is 0.350. The van der Waals surface area contributed by atoms with Crippen molar-refractivity contribution < 1.29 is 13.6 Å². The summed E-state index contributed by atoms with van der Waals surface area (Å²) < 4.78 is 26.6. The van der Waals surface area contributed by atoms with Gasteiger partial charge in [-0.25, -0.2) is 8.78 Å². The van der Waals surface area contributed by atoms with Crippen LogP contribution in [0.15, 0.2) is 48.5 Å². The summed E-state index contributed by atoms with van der Waals surface area (Å²) in [5.41, 5.74) is 5.09. The van der Waals surface area contributed by atoms with Gasteiger partial charge in [-0.3, -0.25) is 4.79 Å². The van der Waals surface area contributed by atoms with Gasteiger partial charge in [-0.15, -0.1) is 0 Å². The van der Waals surface area contributed by atoms with Crippen LogP contribution in [0.3, 0.4) is 0 Å². The van der Waals surface area contributed by atoms with Gasteiger partial charge in [0.25, 0.3) is 0 Å². The Balaban J connectivity index is 0.000000176. The molecule has 1 aliphatic carbocycles. The van der Waals surface area contributed by atoms with Gasteiger partial charge in [-0.2, -0.15) is 0 Å². The molecule has 3 nitrogen and oxygen atoms in total. The van der Waals surface area contributed by atoms with Gasteiger partial charge in [-0.05, 0) is 44.0 Å². The maximum atomic E-state index is 13.3. The van der Waals surface area contributed by atoms with Gasteiger partial charge in [0.05, 0.1) is 5.56 Å². The first-order valence-electron chi connectivity index (χ1n) is 8.53. The molecule has 2 fully saturated rings. The van der Waals surface area contributed by atoms with Crippen LogP contribution in [0.1, 0.15) is 19.3 Å². The minimum atomic E-state index is -0.531. The zero-order valence-corrected chi connectivity index (χ0v) is 14.4. The highest BCUT2D eigenvalue weighted by Gasteiger charge is 2.35. The fourth-order valence-electron chi connectivity index (χ4n) is 2.50. The van der Waals surface area contributed by atoms with Crippen molar-refractivity contribution >= 4 is 5.91 Å². The number of rotatable bonds is 2. The Labute approximate surface area is 147 Å². The lowest BCUT2D eigenvalue weighted by molar-refractivity contribution is -0.135. The van der Waals surface area contributed by atoms with Gasteiger partial charge in [0.1, 0.15) is 11.6 Å². The molecule has 0 aromatic heterocycles. The molecular formula is C20H24F2N2O. The number of amides is 1. The SMILES string of the molecule is CN.Fc1cccc(F)c1-c1ccccc1.O=C(C1CC1)N1CCC1. The molecule has 0 radical (unpaired) electrons. The molecule has 1 amide bonds. The van der Waals surface area contributed by atoms with Gasteiger partial charge in [0, 0.05) is 19.0 Å². The molecule has 4 rings (SSSR count). The minimum absolute atomic E-state index is 0.0353. The monoisotopic (exact) mass is 346 g/mol. The molecule has 0 bridgehead atoms. The molecule has 1 aliphatic heterocycles. The maximum absolute atomic E-state index is 13.3. The van der Waals surface area contributed by atoms with E-state index >= 15 is 0 Å². The second kappa shape index (κ2) is 9.28. The predicted octanol–water partition coefficient (Wildman–Crippen LogP) is 3.84. The molecule has 134 valence electrons. The largest absolute Gasteiger partial charge is 0.342 e. The number of halogens is 2. The quantitative estimate of drug-likeness (QED) is 0.898. The van der Waals surface area contributed by atoms with Crippen LogP contribution in [0.4, 0.5) is 8.78 Å². The molecule has 1 saturated heterocycles. The molecule has 0 spiro atoms. The van der Waals surface area contributed by atoms with Crippen molar-refractivity contribution in [3.63, 3.8) is 0 Å². The van der Waals surface area contributed by atoms with Crippen molar-refractivity contribution in [1.82, 2.24) is 4.90 Å². The smallest absolute Gasteiger partial charge is 0.225 e. The third-order valence-corrected chi connectivity index (χ3v) is 4.12. The van der Waals surface area contributed by atoms with Gasteiger partial charge < -0.3 is 10.6 Å². The maximum Gasteiger partial charge on any atom is 0.225 e. The van der Waals surface area contributed by atoms with Crippen LogP contribution >= 0.6 is 0 Å². The number of hydrogen-bond acceptors (Lipinski definition) is 2. The molecule has 2 aliphatic rings. The van der Waals surface area contributed by atoms with Crippen molar-refractivity contribution in [3.05, 3.63) is 60.2 Å². The number of carbonyl (C=O) groups excluding carboxylic acids is 1. The lowest BCUT2D eigenvalue weighted by atomic mass is 10.0. The highest BCUT2D eigenvalue weighted by atomic mass is 19.1. The van der Waals surface area contributed by atoms with Crippen LogP contribution in [0.2, 0.25) is 0 Å². The van der Waals surface area contributed by atoms with E-state index in [0.29, 0.717) is 17.4 Å². The van der Waals surface area contributed by atoms with Crippen molar-refractivity contribution in [2.75, 3.05) is 20.1 Å². The zero-order chi connectivity index (χ0) is 18.2. The van der Waals surface area contributed by atoms with E-state index in [9.17, 15) is 13.6 Å². The number of likely N-dealkylation sites (tertiary alicyclic amines) is 1. The lowest BCUT2D eigenvalue weighted by Gasteiger charge is -2.30. The molecule has 2 aromatic carbocycles. The normalized spacial score (nSPS) is 15.1. The van der Waals surface area contributed by atoms with Crippen LogP contribution in [0.5, 0.6) is 0 Å². The topological polar surface area (TPSA) is 46.3 Å². The first-order valence-corrected chi connectivity index (χ1v) is 8.53. The summed E-state index contributed by atoms with van der Waals surface area (Å²) in [5, 5.41) is 0. The number of nitrogens with two attached hydrogens (primary N) is 1. The van der Waals surface area contributed by atoms with Gasteiger partial charge in [0.2, 0.25) is 5.91 Å². The van der Waals surface area contributed by atoms with E-state index in [1.807, 2.05) is 11.0 Å². The van der Waals surface area contributed by atoms with Crippen molar-refractivity contribution in [2.24, 2.45) is 11.7 Å². The molecule has 5 heteroatoms. The van der Waals surface area contributed by atoms with E-state index in [4.69, 9.17) is 0 Å². The van der Waals surface area contributed by atoms with Crippen molar-refractivity contribution in [2.45, 2.75) is 19.3 Å². The number of carbonyl (C=O) groups is 1. The van der Waals surface area contributed by atoms with Crippen molar-refractivity contribution in [1.29, 1.82) is 0 Å². The second-order valence-corrected chi connectivity index (χ2v) is 5.92. The number of hydrogen-bond donors (Lipinski definition) is 1. The number of benzene rings is 2. The second-order valence-electron chi connectivity index (χ2n) is 5.92. The average Bonchev–Trinajstić information content (AvgIpc) is 3.42. The summed E-state index contributed by atoms with van der Waals surface area (Å²) in [4.78, 5) is 13.1. The fourth-order valence-corrected chi connectivity index (χ4v) is 2.50. The summed E-state index contributed by atoms with van der Waals surface area (Å²) in [6.45, 7) is 2.05. The Kier molecular flexibility index (Phi) is 7.07. The minimum Gasteiger partial charge on any atom is -0.342 e. The molecule has 0 atom stereocenters. The van der Waals surface area contributed by atoms with Crippen LogP contribution in [-0.4, -0.2) is 30.9 Å². The Morgan fingerprint density at radius 3 is 1.96 bits per heavy atom. The van der Waals surface area contributed by atoms with E-state index in [-0.39, 0.29) is 5.56 Å². The molecular weight excluding hydrogens is 322 g/mol. The Morgan fingerprint density at radius 2 is 1.52 bits per heavy atom. The zero-order valence-electron chi connectivity index (χ0n) is 14.4. The van der Waals surface area contributed by atoms with E-state index in [2.05, 4.69) is 5.73 Å². The lowest BCUT2D eigenvalue weighted by Crippen LogP contribution is -2.42. The first kappa shape index (κ1) is 19.1. The van der Waals surface area contributed by atoms with Gasteiger partial charge >= 0.3 is 0 Å². The molecule has 25 heavy (non-hydrogen) atoms. The van der Waals surface area contributed by atoms with Gasteiger partial charge in [0.15, 0.2) is 0 Å². The van der Waals surface area contributed by atoms with Crippen LogP contribution in [0.25, 0.3) is 11.1 Å². The Morgan fingerprint density at radius 1 is 0.960 bits per heavy atom. The summed E-state index contributed by atoms with van der Waals surface area (Å²) in [5.74, 6) is -0.209. The third kappa shape index (κ3) is 5.10. The molecule has 1 heterocycles. The number of nitrogens with zero attached hydrogens (tertiary/aromatic N) is 1. The van der Waals surface area contributed by atoms with Gasteiger partial charge in [-0.1, -0.05) is 36.4 Å². The molecule has 1 saturated carbocycles. The standard InChI is InChI=1S/C12H8F2.C7H11NO.CH5N/c13-10-7-4-8-11(14)12(10)9-5-2-1-3-6-9;9-7(6-2-3-6)8-4-1-5-8;1-2/h1-8H;6H,1-5H2;2H2,1H3. The Bertz CT molecular complexity index is 663. The summed E-state index contributed by atoms with van der Waals surface area (Å²) in [7, 11) is 1.50. The molecule has 0 unspecified atom stereocenters. The van der Waals surface area contributed by atoms with E-state index < -0.39 is 11.6 Å². The van der Waals surface area contributed by atoms with E-state index in [1.54, 1.807) is 24.3 Å². The summed E-state index contributed by atoms with van der Waals surface area (Å²) >= 11 is 0. The van der Waals surface area contributed by atoms with Crippen molar-refractivity contribution in [3.8, 4) is 11.1 Å². The summed E-state index contributed by atoms with van der Waals surface area (Å²) in [6, 6.07) is 12.5. The predicted molar refractivity (Wildman–Crippen MR) is 95.8 cm³/mol. The average molecular weight is 346 g/mol. The van der Waals surface area contributed by atoms with E-state index in [1.165, 1.54) is 31.7 Å². The molecule has 2 aromatic rings. The van der Waals surface area contributed by atoms with E-state index in [0.717, 1.165) is 25.9 Å². The van der Waals surface area contributed by atoms with Crippen LogP contribution in [0, 0.1) is 17.6 Å². The van der Waals surface area contributed by atoms with Crippen LogP contribution < -0.4 is 5.73 Å². The first-order chi connectivity index (χ1) is 12.2.